The van der Waals surface area contributed by atoms with E-state index in [0.717, 1.165) is 42.5 Å². The molecule has 4 heteroatoms. The van der Waals surface area contributed by atoms with Crippen LogP contribution in [0.2, 0.25) is 0 Å². The van der Waals surface area contributed by atoms with Gasteiger partial charge in [0.15, 0.2) is 0 Å². The van der Waals surface area contributed by atoms with Crippen molar-refractivity contribution in [1.29, 1.82) is 0 Å². The average molecular weight is 391 g/mol. The molecule has 4 nitrogen and oxygen atoms in total. The van der Waals surface area contributed by atoms with Crippen molar-refractivity contribution in [2.75, 3.05) is 6.61 Å². The van der Waals surface area contributed by atoms with E-state index >= 15 is 0 Å². The predicted octanol–water partition coefficient (Wildman–Crippen LogP) is 5.87. The molecule has 0 aliphatic heterocycles. The summed E-state index contributed by atoms with van der Waals surface area (Å²) in [7, 11) is 0. The van der Waals surface area contributed by atoms with Crippen LogP contribution < -0.4 is 9.47 Å². The number of nitrogens with zero attached hydrogens (tertiary/aromatic N) is 2. The molecule has 3 aromatic rings. The maximum atomic E-state index is 5.88. The number of benzene rings is 2. The molecule has 0 amide bonds. The monoisotopic (exact) mass is 390 g/mol. The van der Waals surface area contributed by atoms with Gasteiger partial charge in [0.25, 0.3) is 0 Å². The summed E-state index contributed by atoms with van der Waals surface area (Å²) in [5.74, 6) is 2.52. The van der Waals surface area contributed by atoms with Gasteiger partial charge < -0.3 is 9.47 Å². The lowest BCUT2D eigenvalue weighted by molar-refractivity contribution is 0.300. The van der Waals surface area contributed by atoms with Gasteiger partial charge in [0.2, 0.25) is 0 Å². The second-order valence-corrected chi connectivity index (χ2v) is 7.76. The number of hydrogen-bond acceptors (Lipinski definition) is 4. The van der Waals surface area contributed by atoms with Crippen LogP contribution in [-0.4, -0.2) is 16.6 Å². The summed E-state index contributed by atoms with van der Waals surface area (Å²) >= 11 is 0. The Hall–Kier alpha value is -2.88. The van der Waals surface area contributed by atoms with E-state index in [-0.39, 0.29) is 5.41 Å². The molecule has 152 valence electrons. The quantitative estimate of drug-likeness (QED) is 0.429. The van der Waals surface area contributed by atoms with Crippen LogP contribution in [0, 0.1) is 6.92 Å². The molecule has 0 aliphatic carbocycles. The molecule has 1 heterocycles. The van der Waals surface area contributed by atoms with Crippen molar-refractivity contribution in [1.82, 2.24) is 9.97 Å². The van der Waals surface area contributed by atoms with Crippen molar-refractivity contribution in [2.24, 2.45) is 0 Å². The second kappa shape index (κ2) is 9.55. The summed E-state index contributed by atoms with van der Waals surface area (Å²) in [6.07, 6.45) is 3.98. The van der Waals surface area contributed by atoms with Gasteiger partial charge in [-0.25, -0.2) is 9.97 Å². The summed E-state index contributed by atoms with van der Waals surface area (Å²) in [6, 6.07) is 18.6. The third-order valence-electron chi connectivity index (χ3n) is 5.14. The van der Waals surface area contributed by atoms with Crippen molar-refractivity contribution in [3.8, 4) is 11.5 Å². The second-order valence-electron chi connectivity index (χ2n) is 7.76. The van der Waals surface area contributed by atoms with Crippen LogP contribution in [-0.2, 0) is 12.0 Å². The van der Waals surface area contributed by atoms with E-state index in [0.29, 0.717) is 6.61 Å². The summed E-state index contributed by atoms with van der Waals surface area (Å²) in [6.45, 7) is 9.73. The highest BCUT2D eigenvalue weighted by Crippen LogP contribution is 2.33. The van der Waals surface area contributed by atoms with E-state index in [1.165, 1.54) is 11.1 Å². The lowest BCUT2D eigenvalue weighted by atomic mass is 9.78. The molecule has 29 heavy (non-hydrogen) atoms. The Bertz CT molecular complexity index is 903. The number of hydrogen-bond donors (Lipinski definition) is 0. The third kappa shape index (κ3) is 5.57. The molecule has 0 saturated heterocycles. The largest absolute Gasteiger partial charge is 0.494 e. The van der Waals surface area contributed by atoms with E-state index in [1.54, 1.807) is 6.20 Å². The zero-order valence-electron chi connectivity index (χ0n) is 17.8. The minimum atomic E-state index is -0.107. The van der Waals surface area contributed by atoms with Crippen LogP contribution in [0.3, 0.4) is 0 Å². The lowest BCUT2D eigenvalue weighted by Gasteiger charge is -2.26. The predicted molar refractivity (Wildman–Crippen MR) is 117 cm³/mol. The van der Waals surface area contributed by atoms with Crippen LogP contribution in [0.25, 0.3) is 0 Å². The maximum Gasteiger partial charge on any atom is 0.130 e. The fourth-order valence-corrected chi connectivity index (χ4v) is 3.18. The normalized spacial score (nSPS) is 11.3. The average Bonchev–Trinajstić information content (AvgIpc) is 2.73. The van der Waals surface area contributed by atoms with Crippen molar-refractivity contribution in [3.05, 3.63) is 83.4 Å². The zero-order valence-corrected chi connectivity index (χ0v) is 17.8. The van der Waals surface area contributed by atoms with Gasteiger partial charge in [-0.05, 0) is 54.8 Å². The lowest BCUT2D eigenvalue weighted by Crippen LogP contribution is -2.18. The number of aryl methyl sites for hydroxylation is 1. The van der Waals surface area contributed by atoms with Crippen LogP contribution >= 0.6 is 0 Å². The van der Waals surface area contributed by atoms with Gasteiger partial charge in [-0.1, -0.05) is 51.5 Å². The minimum absolute atomic E-state index is 0.107. The van der Waals surface area contributed by atoms with E-state index in [4.69, 9.17) is 9.47 Å². The SMILES string of the molecule is CCCCOc1ccc(C(C)(C)c2ccc(OCc3ccnc(C)n3)cc2)cc1. The molecule has 0 bridgehead atoms. The molecular formula is C25H30N2O2. The Labute approximate surface area is 173 Å². The molecule has 0 fully saturated rings. The minimum Gasteiger partial charge on any atom is -0.494 e. The van der Waals surface area contributed by atoms with E-state index < -0.39 is 0 Å². The van der Waals surface area contributed by atoms with Crippen LogP contribution in [0.1, 0.15) is 56.3 Å². The third-order valence-corrected chi connectivity index (χ3v) is 5.14. The van der Waals surface area contributed by atoms with Crippen molar-refractivity contribution < 1.29 is 9.47 Å². The smallest absolute Gasteiger partial charge is 0.130 e. The number of ether oxygens (including phenoxy) is 2. The van der Waals surface area contributed by atoms with E-state index in [2.05, 4.69) is 67.1 Å². The molecule has 2 aromatic carbocycles. The molecule has 0 saturated carbocycles. The van der Waals surface area contributed by atoms with Crippen molar-refractivity contribution in [3.63, 3.8) is 0 Å². The van der Waals surface area contributed by atoms with Crippen LogP contribution in [0.15, 0.2) is 60.8 Å². The Balaban J connectivity index is 1.64. The molecule has 0 atom stereocenters. The zero-order chi connectivity index (χ0) is 20.7. The Morgan fingerprint density at radius 1 is 0.828 bits per heavy atom. The van der Waals surface area contributed by atoms with Gasteiger partial charge in [-0.3, -0.25) is 0 Å². The highest BCUT2D eigenvalue weighted by molar-refractivity contribution is 5.41. The number of aromatic nitrogens is 2. The summed E-state index contributed by atoms with van der Waals surface area (Å²) in [4.78, 5) is 8.48. The van der Waals surface area contributed by atoms with E-state index in [9.17, 15) is 0 Å². The Kier molecular flexibility index (Phi) is 6.86. The highest BCUT2D eigenvalue weighted by atomic mass is 16.5. The van der Waals surface area contributed by atoms with Crippen molar-refractivity contribution in [2.45, 2.75) is 52.6 Å². The van der Waals surface area contributed by atoms with Gasteiger partial charge in [-0.15, -0.1) is 0 Å². The fourth-order valence-electron chi connectivity index (χ4n) is 3.18. The summed E-state index contributed by atoms with van der Waals surface area (Å²) < 4.78 is 11.7. The summed E-state index contributed by atoms with van der Waals surface area (Å²) in [5.41, 5.74) is 3.26. The first-order valence-corrected chi connectivity index (χ1v) is 10.2. The van der Waals surface area contributed by atoms with Gasteiger partial charge >= 0.3 is 0 Å². The van der Waals surface area contributed by atoms with E-state index in [1.807, 2.05) is 25.1 Å². The first kappa shape index (κ1) is 20.8. The van der Waals surface area contributed by atoms with Crippen LogP contribution in [0.5, 0.6) is 11.5 Å². The van der Waals surface area contributed by atoms with Gasteiger partial charge in [0, 0.05) is 11.6 Å². The standard InChI is InChI=1S/C25H30N2O2/c1-5-6-17-28-23-11-7-20(8-12-23)25(3,4)21-9-13-24(14-10-21)29-18-22-15-16-26-19(2)27-22/h7-16H,5-6,17-18H2,1-4H3. The number of unbranched alkanes of at least 4 members (excludes halogenated alkanes) is 1. The Morgan fingerprint density at radius 2 is 1.41 bits per heavy atom. The highest BCUT2D eigenvalue weighted by Gasteiger charge is 2.23. The van der Waals surface area contributed by atoms with Gasteiger partial charge in [0.05, 0.1) is 12.3 Å². The molecule has 0 aliphatic rings. The molecule has 0 radical (unpaired) electrons. The molecule has 3 rings (SSSR count). The van der Waals surface area contributed by atoms with Gasteiger partial charge in [0.1, 0.15) is 23.9 Å². The van der Waals surface area contributed by atoms with Gasteiger partial charge in [-0.2, -0.15) is 0 Å². The molecule has 0 spiro atoms. The molecule has 0 N–H and O–H groups in total. The van der Waals surface area contributed by atoms with Crippen molar-refractivity contribution >= 4 is 0 Å². The summed E-state index contributed by atoms with van der Waals surface area (Å²) in [5, 5.41) is 0. The maximum absolute atomic E-state index is 5.88. The molecular weight excluding hydrogens is 360 g/mol. The Morgan fingerprint density at radius 3 is 1.97 bits per heavy atom. The fraction of sp³-hybridized carbons (Fsp3) is 0.360. The van der Waals surface area contributed by atoms with Crippen LogP contribution in [0.4, 0.5) is 0 Å². The molecule has 0 unspecified atom stereocenters. The number of rotatable bonds is 9. The first-order chi connectivity index (χ1) is 14.0. The first-order valence-electron chi connectivity index (χ1n) is 10.2. The topological polar surface area (TPSA) is 44.2 Å². The molecule has 1 aromatic heterocycles.